The summed E-state index contributed by atoms with van der Waals surface area (Å²) in [5, 5.41) is 0.160. The monoisotopic (exact) mass is 334 g/mol. The molecule has 23 heavy (non-hydrogen) atoms. The van der Waals surface area contributed by atoms with Gasteiger partial charge in [0.05, 0.1) is 25.6 Å². The van der Waals surface area contributed by atoms with Crippen LogP contribution in [0.5, 0.6) is 0 Å². The molecule has 1 aliphatic heterocycles. The van der Waals surface area contributed by atoms with Crippen LogP contribution in [-0.2, 0) is 9.47 Å². The minimum Gasteiger partial charge on any atom is -0.460 e. The molecule has 0 unspecified atom stereocenters. The lowest BCUT2D eigenvalue weighted by molar-refractivity contribution is -0.127. The molecule has 0 bridgehead atoms. The lowest BCUT2D eigenvalue weighted by Crippen LogP contribution is -2.44. The van der Waals surface area contributed by atoms with E-state index in [9.17, 15) is 4.79 Å². The maximum atomic E-state index is 12.5. The number of imidazole rings is 1. The van der Waals surface area contributed by atoms with E-state index in [0.717, 1.165) is 5.56 Å². The number of rotatable bonds is 5. The third-order valence-corrected chi connectivity index (χ3v) is 4.37. The van der Waals surface area contributed by atoms with Crippen molar-refractivity contribution in [2.24, 2.45) is 5.41 Å². The van der Waals surface area contributed by atoms with Crippen molar-refractivity contribution in [2.45, 2.75) is 19.9 Å². The normalized spacial score (nSPS) is 17.3. The summed E-state index contributed by atoms with van der Waals surface area (Å²) < 4.78 is 12.4. The molecule has 1 aliphatic rings. The van der Waals surface area contributed by atoms with Crippen LogP contribution < -0.4 is 0 Å². The first-order chi connectivity index (χ1) is 11.0. The zero-order valence-corrected chi connectivity index (χ0v) is 13.9. The molecule has 2 aromatic rings. The molecule has 1 aromatic carbocycles. The Labute approximate surface area is 140 Å². The Hall–Kier alpha value is -1.85. The van der Waals surface area contributed by atoms with Gasteiger partial charge >= 0.3 is 5.97 Å². The van der Waals surface area contributed by atoms with Crippen molar-refractivity contribution < 1.29 is 14.3 Å². The fourth-order valence-corrected chi connectivity index (χ4v) is 2.77. The number of ether oxygens (including phenoxy) is 2. The third kappa shape index (κ3) is 3.26. The van der Waals surface area contributed by atoms with E-state index in [4.69, 9.17) is 21.1 Å². The summed E-state index contributed by atoms with van der Waals surface area (Å²) in [4.78, 5) is 16.5. The van der Waals surface area contributed by atoms with E-state index in [0.29, 0.717) is 19.8 Å². The quantitative estimate of drug-likeness (QED) is 0.787. The van der Waals surface area contributed by atoms with Gasteiger partial charge in [-0.25, -0.2) is 9.78 Å². The average molecular weight is 335 g/mol. The van der Waals surface area contributed by atoms with Crippen LogP contribution in [0.15, 0.2) is 36.7 Å². The number of esters is 1. The van der Waals surface area contributed by atoms with E-state index in [2.05, 4.69) is 4.98 Å². The van der Waals surface area contributed by atoms with Gasteiger partial charge in [0.1, 0.15) is 6.61 Å². The molecule has 1 saturated heterocycles. The minimum atomic E-state index is -0.455. The van der Waals surface area contributed by atoms with Crippen molar-refractivity contribution in [3.05, 3.63) is 53.1 Å². The van der Waals surface area contributed by atoms with Gasteiger partial charge < -0.3 is 14.0 Å². The van der Waals surface area contributed by atoms with Gasteiger partial charge in [-0.1, -0.05) is 48.9 Å². The number of carbonyl (C=O) groups is 1. The predicted octanol–water partition coefficient (Wildman–Crippen LogP) is 3.34. The van der Waals surface area contributed by atoms with Gasteiger partial charge in [-0.05, 0) is 12.5 Å². The number of hydrogen-bond donors (Lipinski definition) is 0. The van der Waals surface area contributed by atoms with Crippen LogP contribution in [0.4, 0.5) is 0 Å². The van der Waals surface area contributed by atoms with Gasteiger partial charge in [-0.2, -0.15) is 0 Å². The lowest BCUT2D eigenvalue weighted by atomic mass is 9.90. The van der Waals surface area contributed by atoms with E-state index in [1.54, 1.807) is 10.9 Å². The van der Waals surface area contributed by atoms with Crippen molar-refractivity contribution in [3.63, 3.8) is 0 Å². The van der Waals surface area contributed by atoms with Crippen molar-refractivity contribution in [1.82, 2.24) is 9.55 Å². The van der Waals surface area contributed by atoms with Gasteiger partial charge in [0, 0.05) is 5.41 Å². The molecule has 0 N–H and O–H groups in total. The van der Waals surface area contributed by atoms with E-state index in [1.807, 2.05) is 44.2 Å². The van der Waals surface area contributed by atoms with Gasteiger partial charge in [0.2, 0.25) is 0 Å². The molecular formula is C17H19ClN2O3. The van der Waals surface area contributed by atoms with E-state index in [-0.39, 0.29) is 22.3 Å². The molecule has 0 amide bonds. The van der Waals surface area contributed by atoms with Crippen molar-refractivity contribution >= 4 is 17.6 Å². The summed E-state index contributed by atoms with van der Waals surface area (Å²) in [6, 6.07) is 9.80. The molecule has 1 atom stereocenters. The Kier molecular flexibility index (Phi) is 4.41. The number of hydrogen-bond acceptors (Lipinski definition) is 4. The largest absolute Gasteiger partial charge is 0.460 e. The molecule has 0 spiro atoms. The van der Waals surface area contributed by atoms with E-state index in [1.165, 1.54) is 0 Å². The predicted molar refractivity (Wildman–Crippen MR) is 86.7 cm³/mol. The Morgan fingerprint density at radius 2 is 2.13 bits per heavy atom. The fraction of sp³-hybridized carbons (Fsp3) is 0.412. The Morgan fingerprint density at radius 1 is 1.43 bits per heavy atom. The maximum Gasteiger partial charge on any atom is 0.358 e. The van der Waals surface area contributed by atoms with Crippen LogP contribution in [0.25, 0.3) is 0 Å². The molecular weight excluding hydrogens is 316 g/mol. The molecule has 3 rings (SSSR count). The number of aromatic nitrogens is 2. The van der Waals surface area contributed by atoms with Crippen LogP contribution in [0.1, 0.15) is 35.9 Å². The molecule has 0 radical (unpaired) electrons. The first-order valence-electron chi connectivity index (χ1n) is 7.52. The lowest BCUT2D eigenvalue weighted by Gasteiger charge is -2.37. The van der Waals surface area contributed by atoms with Crippen LogP contribution in [-0.4, -0.2) is 35.3 Å². The fourth-order valence-electron chi connectivity index (χ4n) is 2.56. The second kappa shape index (κ2) is 6.34. The van der Waals surface area contributed by atoms with Crippen molar-refractivity contribution in [2.75, 3.05) is 19.8 Å². The summed E-state index contributed by atoms with van der Waals surface area (Å²) in [7, 11) is 0. The number of carbonyl (C=O) groups excluding carboxylic acids is 1. The molecule has 0 saturated carbocycles. The molecule has 6 heteroatoms. The highest BCUT2D eigenvalue weighted by Gasteiger charge is 2.35. The molecule has 122 valence electrons. The maximum absolute atomic E-state index is 12.5. The third-order valence-electron chi connectivity index (χ3n) is 4.09. The van der Waals surface area contributed by atoms with Gasteiger partial charge in [-0.15, -0.1) is 0 Å². The minimum absolute atomic E-state index is 0.0682. The highest BCUT2D eigenvalue weighted by atomic mass is 35.5. The van der Waals surface area contributed by atoms with Gasteiger partial charge in [-0.3, -0.25) is 0 Å². The Morgan fingerprint density at radius 3 is 2.74 bits per heavy atom. The zero-order chi connectivity index (χ0) is 16.4. The molecule has 2 heterocycles. The van der Waals surface area contributed by atoms with E-state index >= 15 is 0 Å². The smallest absolute Gasteiger partial charge is 0.358 e. The highest BCUT2D eigenvalue weighted by Crippen LogP contribution is 2.28. The van der Waals surface area contributed by atoms with Crippen molar-refractivity contribution in [3.8, 4) is 0 Å². The summed E-state index contributed by atoms with van der Waals surface area (Å²) in [6.45, 7) is 5.54. The molecule has 1 aromatic heterocycles. The highest BCUT2D eigenvalue weighted by molar-refractivity contribution is 6.32. The Balaban J connectivity index is 1.79. The molecule has 1 fully saturated rings. The van der Waals surface area contributed by atoms with Crippen LogP contribution in [0, 0.1) is 5.41 Å². The summed E-state index contributed by atoms with van der Waals surface area (Å²) >= 11 is 6.11. The van der Waals surface area contributed by atoms with Crippen LogP contribution in [0.2, 0.25) is 5.15 Å². The average Bonchev–Trinajstić information content (AvgIpc) is 2.92. The Bertz CT molecular complexity index is 695. The SMILES string of the molecule is C[C@H](c1ccccc1)n1cnc(Cl)c1C(=O)OCC1(C)COC1. The molecule has 5 nitrogen and oxygen atoms in total. The summed E-state index contributed by atoms with van der Waals surface area (Å²) in [6.07, 6.45) is 1.57. The number of halogens is 1. The second-order valence-corrected chi connectivity index (χ2v) is 6.62. The number of nitrogens with zero attached hydrogens (tertiary/aromatic N) is 2. The first kappa shape index (κ1) is 16.0. The second-order valence-electron chi connectivity index (χ2n) is 6.26. The topological polar surface area (TPSA) is 53.4 Å². The van der Waals surface area contributed by atoms with Gasteiger partial charge in [0.15, 0.2) is 10.8 Å². The standard InChI is InChI=1S/C17H19ClN2O3/c1-12(13-6-4-3-5-7-13)20-11-19-15(18)14(20)16(21)23-10-17(2)8-22-9-17/h3-7,11-12H,8-10H2,1-2H3/t12-/m1/s1. The van der Waals surface area contributed by atoms with E-state index < -0.39 is 5.97 Å². The van der Waals surface area contributed by atoms with Gasteiger partial charge in [0.25, 0.3) is 0 Å². The summed E-state index contributed by atoms with van der Waals surface area (Å²) in [5.74, 6) is -0.455. The first-order valence-corrected chi connectivity index (χ1v) is 7.90. The summed E-state index contributed by atoms with van der Waals surface area (Å²) in [5.41, 5.74) is 1.25. The van der Waals surface area contributed by atoms with Crippen molar-refractivity contribution in [1.29, 1.82) is 0 Å². The van der Waals surface area contributed by atoms with Crippen LogP contribution in [0.3, 0.4) is 0 Å². The number of benzene rings is 1. The molecule has 0 aliphatic carbocycles. The van der Waals surface area contributed by atoms with Crippen LogP contribution >= 0.6 is 11.6 Å². The zero-order valence-electron chi connectivity index (χ0n) is 13.2.